The SMILES string of the molecule is CCCCc1ccc(P=O)cc1. The Morgan fingerprint density at radius 1 is 1.25 bits per heavy atom. The quantitative estimate of drug-likeness (QED) is 0.651. The average Bonchev–Trinajstić information content (AvgIpc) is 2.15. The minimum Gasteiger partial charge on any atom is -0.269 e. The van der Waals surface area contributed by atoms with Gasteiger partial charge in [0.2, 0.25) is 0 Å². The normalized spacial score (nSPS) is 10.4. The lowest BCUT2D eigenvalue weighted by Gasteiger charge is -1.98. The smallest absolute Gasteiger partial charge is 0.192 e. The van der Waals surface area contributed by atoms with Crippen LogP contribution in [0.2, 0.25) is 0 Å². The van der Waals surface area contributed by atoms with Crippen molar-refractivity contribution in [2.45, 2.75) is 26.2 Å². The van der Waals surface area contributed by atoms with Crippen molar-refractivity contribution in [3.63, 3.8) is 0 Å². The first-order valence-corrected chi connectivity index (χ1v) is 5.10. The molecule has 0 saturated carbocycles. The summed E-state index contributed by atoms with van der Waals surface area (Å²) in [7, 11) is 0.115. The van der Waals surface area contributed by atoms with Crippen molar-refractivity contribution in [2.24, 2.45) is 0 Å². The van der Waals surface area contributed by atoms with E-state index in [0.717, 1.165) is 11.7 Å². The summed E-state index contributed by atoms with van der Waals surface area (Å²) >= 11 is 0. The zero-order valence-electron chi connectivity index (χ0n) is 7.29. The van der Waals surface area contributed by atoms with Gasteiger partial charge < -0.3 is 0 Å². The number of rotatable bonds is 4. The molecule has 0 saturated heterocycles. The van der Waals surface area contributed by atoms with E-state index < -0.39 is 0 Å². The molecule has 0 fully saturated rings. The second-order valence-electron chi connectivity index (χ2n) is 2.86. The Bertz CT molecular complexity index is 241. The molecule has 0 atom stereocenters. The molecule has 1 aromatic rings. The standard InChI is InChI=1S/C10H13OP/c1-2-3-4-9-5-7-10(12-11)8-6-9/h5-8H,2-4H2,1H3. The van der Waals surface area contributed by atoms with Gasteiger partial charge >= 0.3 is 0 Å². The van der Waals surface area contributed by atoms with Gasteiger partial charge in [0.25, 0.3) is 0 Å². The van der Waals surface area contributed by atoms with Crippen LogP contribution in [0.3, 0.4) is 0 Å². The van der Waals surface area contributed by atoms with E-state index in [-0.39, 0.29) is 8.46 Å². The van der Waals surface area contributed by atoms with Gasteiger partial charge in [-0.2, -0.15) is 0 Å². The van der Waals surface area contributed by atoms with E-state index >= 15 is 0 Å². The van der Waals surface area contributed by atoms with Crippen LogP contribution in [0.25, 0.3) is 0 Å². The van der Waals surface area contributed by atoms with E-state index in [1.54, 1.807) is 0 Å². The maximum atomic E-state index is 10.4. The minimum atomic E-state index is 0.115. The minimum absolute atomic E-state index is 0.115. The molecule has 1 rings (SSSR count). The van der Waals surface area contributed by atoms with Gasteiger partial charge in [0.05, 0.1) is 0 Å². The molecule has 0 heterocycles. The zero-order valence-corrected chi connectivity index (χ0v) is 8.18. The Kier molecular flexibility index (Phi) is 3.96. The topological polar surface area (TPSA) is 17.1 Å². The van der Waals surface area contributed by atoms with Crippen molar-refractivity contribution in [3.05, 3.63) is 29.8 Å². The van der Waals surface area contributed by atoms with E-state index in [1.807, 2.05) is 12.1 Å². The summed E-state index contributed by atoms with van der Waals surface area (Å²) in [6.07, 6.45) is 3.59. The third-order valence-electron chi connectivity index (χ3n) is 1.86. The van der Waals surface area contributed by atoms with Crippen LogP contribution >= 0.6 is 8.46 Å². The van der Waals surface area contributed by atoms with Gasteiger partial charge in [-0.3, -0.25) is 4.57 Å². The fourth-order valence-electron chi connectivity index (χ4n) is 1.10. The molecule has 0 spiro atoms. The summed E-state index contributed by atoms with van der Waals surface area (Å²) in [4.78, 5) is 0. The average molecular weight is 180 g/mol. The lowest BCUT2D eigenvalue weighted by atomic mass is 10.1. The van der Waals surface area contributed by atoms with Crippen LogP contribution in [-0.4, -0.2) is 0 Å². The van der Waals surface area contributed by atoms with Gasteiger partial charge in [0, 0.05) is 5.30 Å². The summed E-state index contributed by atoms with van der Waals surface area (Å²) in [5.41, 5.74) is 1.34. The van der Waals surface area contributed by atoms with Gasteiger partial charge in [-0.25, -0.2) is 0 Å². The summed E-state index contributed by atoms with van der Waals surface area (Å²) < 4.78 is 10.4. The molecule has 64 valence electrons. The maximum absolute atomic E-state index is 10.4. The highest BCUT2D eigenvalue weighted by Crippen LogP contribution is 2.05. The molecular weight excluding hydrogens is 167 g/mol. The van der Waals surface area contributed by atoms with Crippen molar-refractivity contribution < 1.29 is 4.57 Å². The summed E-state index contributed by atoms with van der Waals surface area (Å²) in [5.74, 6) is 0. The van der Waals surface area contributed by atoms with Gasteiger partial charge in [-0.15, -0.1) is 0 Å². The molecule has 1 aromatic carbocycles. The highest BCUT2D eigenvalue weighted by atomic mass is 31.1. The van der Waals surface area contributed by atoms with Crippen LogP contribution in [0.4, 0.5) is 0 Å². The lowest BCUT2D eigenvalue weighted by molar-refractivity contribution is 0.603. The Labute approximate surface area is 75.0 Å². The van der Waals surface area contributed by atoms with Crippen molar-refractivity contribution in [2.75, 3.05) is 0 Å². The predicted octanol–water partition coefficient (Wildman–Crippen LogP) is 2.95. The largest absolute Gasteiger partial charge is 0.269 e. The third kappa shape index (κ3) is 2.75. The maximum Gasteiger partial charge on any atom is 0.192 e. The fraction of sp³-hybridized carbons (Fsp3) is 0.400. The van der Waals surface area contributed by atoms with E-state index in [4.69, 9.17) is 0 Å². The van der Waals surface area contributed by atoms with E-state index in [2.05, 4.69) is 19.1 Å². The molecular formula is C10H13OP. The van der Waals surface area contributed by atoms with E-state index in [1.165, 1.54) is 18.4 Å². The van der Waals surface area contributed by atoms with Crippen LogP contribution in [0, 0.1) is 0 Å². The fourth-order valence-corrected chi connectivity index (χ4v) is 1.38. The Morgan fingerprint density at radius 2 is 1.92 bits per heavy atom. The Hall–Kier alpha value is -0.680. The second kappa shape index (κ2) is 5.05. The van der Waals surface area contributed by atoms with Crippen LogP contribution in [0.1, 0.15) is 25.3 Å². The van der Waals surface area contributed by atoms with E-state index in [9.17, 15) is 4.57 Å². The van der Waals surface area contributed by atoms with Crippen LogP contribution in [-0.2, 0) is 11.0 Å². The highest BCUT2D eigenvalue weighted by Gasteiger charge is 1.93. The Balaban J connectivity index is 2.58. The first-order chi connectivity index (χ1) is 5.86. The van der Waals surface area contributed by atoms with Crippen molar-refractivity contribution >= 4 is 13.8 Å². The number of aryl methyl sites for hydroxylation is 1. The third-order valence-corrected chi connectivity index (χ3v) is 2.37. The van der Waals surface area contributed by atoms with Gasteiger partial charge in [0.1, 0.15) is 0 Å². The molecule has 0 radical (unpaired) electrons. The molecule has 0 aromatic heterocycles. The molecule has 1 nitrogen and oxygen atoms in total. The molecule has 0 amide bonds. The van der Waals surface area contributed by atoms with Crippen LogP contribution in [0.15, 0.2) is 24.3 Å². The molecule has 0 N–H and O–H groups in total. The first-order valence-electron chi connectivity index (χ1n) is 4.29. The van der Waals surface area contributed by atoms with Crippen molar-refractivity contribution in [1.82, 2.24) is 0 Å². The van der Waals surface area contributed by atoms with Crippen LogP contribution in [0.5, 0.6) is 0 Å². The van der Waals surface area contributed by atoms with Gasteiger partial charge in [0.15, 0.2) is 8.46 Å². The van der Waals surface area contributed by atoms with Crippen LogP contribution < -0.4 is 5.30 Å². The molecule has 0 aliphatic carbocycles. The first kappa shape index (κ1) is 9.41. The molecule has 2 heteroatoms. The monoisotopic (exact) mass is 180 g/mol. The molecule has 0 unspecified atom stereocenters. The molecule has 0 aliphatic rings. The molecule has 0 bridgehead atoms. The lowest BCUT2D eigenvalue weighted by Crippen LogP contribution is -1.91. The summed E-state index contributed by atoms with van der Waals surface area (Å²) in [6.45, 7) is 2.19. The Morgan fingerprint density at radius 3 is 2.42 bits per heavy atom. The van der Waals surface area contributed by atoms with E-state index in [0.29, 0.717) is 0 Å². The number of benzene rings is 1. The van der Waals surface area contributed by atoms with Gasteiger partial charge in [-0.05, 0) is 30.5 Å². The summed E-state index contributed by atoms with van der Waals surface area (Å²) in [5, 5.41) is 0.857. The molecule has 12 heavy (non-hydrogen) atoms. The van der Waals surface area contributed by atoms with Crippen molar-refractivity contribution in [3.8, 4) is 0 Å². The summed E-state index contributed by atoms with van der Waals surface area (Å²) in [6, 6.07) is 7.94. The molecule has 0 aliphatic heterocycles. The highest BCUT2D eigenvalue weighted by molar-refractivity contribution is 7.34. The number of hydrogen-bond acceptors (Lipinski definition) is 1. The van der Waals surface area contributed by atoms with Gasteiger partial charge in [-0.1, -0.05) is 25.5 Å². The predicted molar refractivity (Wildman–Crippen MR) is 52.3 cm³/mol. The number of hydrogen-bond donors (Lipinski definition) is 0. The van der Waals surface area contributed by atoms with Crippen molar-refractivity contribution in [1.29, 1.82) is 0 Å². The second-order valence-corrected chi connectivity index (χ2v) is 3.56. The number of unbranched alkanes of at least 4 members (excludes halogenated alkanes) is 1. The zero-order chi connectivity index (χ0) is 8.81.